The van der Waals surface area contributed by atoms with E-state index in [-0.39, 0.29) is 24.4 Å². The topological polar surface area (TPSA) is 105 Å². The third-order valence-corrected chi connectivity index (χ3v) is 5.04. The van der Waals surface area contributed by atoms with Crippen LogP contribution >= 0.6 is 0 Å². The summed E-state index contributed by atoms with van der Waals surface area (Å²) in [6, 6.07) is 7.68. The Bertz CT molecular complexity index is 991. The highest BCUT2D eigenvalue weighted by atomic mass is 19.1. The van der Waals surface area contributed by atoms with Crippen molar-refractivity contribution in [2.75, 3.05) is 29.9 Å². The number of nitrogens with one attached hydrogen (secondary N) is 2. The van der Waals surface area contributed by atoms with E-state index >= 15 is 0 Å². The number of primary amides is 1. The van der Waals surface area contributed by atoms with Gasteiger partial charge < -0.3 is 21.3 Å². The average molecular weight is 430 g/mol. The molecule has 3 amide bonds. The summed E-state index contributed by atoms with van der Waals surface area (Å²) < 4.78 is 26.6. The molecule has 0 bridgehead atoms. The monoisotopic (exact) mass is 430 g/mol. The van der Waals surface area contributed by atoms with Gasteiger partial charge in [-0.1, -0.05) is 0 Å². The number of benzene rings is 2. The molecular weight excluding hydrogens is 406 g/mol. The summed E-state index contributed by atoms with van der Waals surface area (Å²) in [5, 5.41) is 5.32. The van der Waals surface area contributed by atoms with E-state index in [0.717, 1.165) is 43.8 Å². The quantitative estimate of drug-likeness (QED) is 0.560. The number of carbonyl (C=O) groups is 3. The Hall–Kier alpha value is -3.49. The molecule has 0 radical (unpaired) electrons. The number of rotatable bonds is 8. The van der Waals surface area contributed by atoms with Gasteiger partial charge in [0.05, 0.1) is 16.9 Å². The number of halogens is 2. The third-order valence-electron chi connectivity index (χ3n) is 5.04. The maximum atomic E-state index is 13.6. The lowest BCUT2D eigenvalue weighted by molar-refractivity contribution is -0.116. The predicted molar refractivity (Wildman–Crippen MR) is 113 cm³/mol. The molecule has 1 heterocycles. The van der Waals surface area contributed by atoms with E-state index in [4.69, 9.17) is 5.73 Å². The molecule has 0 spiro atoms. The van der Waals surface area contributed by atoms with Gasteiger partial charge in [-0.3, -0.25) is 14.4 Å². The number of anilines is 2. The lowest BCUT2D eigenvalue weighted by atomic mass is 10.1. The maximum absolute atomic E-state index is 13.6. The van der Waals surface area contributed by atoms with E-state index in [1.165, 1.54) is 0 Å². The van der Waals surface area contributed by atoms with E-state index in [9.17, 15) is 23.2 Å². The van der Waals surface area contributed by atoms with Gasteiger partial charge in [-0.25, -0.2) is 8.78 Å². The molecule has 2 aromatic rings. The van der Waals surface area contributed by atoms with E-state index in [2.05, 4.69) is 15.5 Å². The lowest BCUT2D eigenvalue weighted by Gasteiger charge is -2.22. The number of amides is 3. The Balaban J connectivity index is 1.55. The van der Waals surface area contributed by atoms with Crippen molar-refractivity contribution in [3.63, 3.8) is 0 Å². The van der Waals surface area contributed by atoms with Crippen molar-refractivity contribution < 1.29 is 23.2 Å². The van der Waals surface area contributed by atoms with Crippen molar-refractivity contribution in [1.29, 1.82) is 0 Å². The number of nitrogens with two attached hydrogens (primary N) is 1. The van der Waals surface area contributed by atoms with Crippen LogP contribution in [0.15, 0.2) is 36.4 Å². The van der Waals surface area contributed by atoms with Gasteiger partial charge in [0.2, 0.25) is 11.8 Å². The average Bonchev–Trinajstić information content (AvgIpc) is 3.25. The molecule has 0 atom stereocenters. The Morgan fingerprint density at radius 2 is 1.77 bits per heavy atom. The zero-order valence-electron chi connectivity index (χ0n) is 16.9. The summed E-state index contributed by atoms with van der Waals surface area (Å²) in [6.07, 6.45) is 2.53. The van der Waals surface area contributed by atoms with Crippen LogP contribution in [0.1, 0.15) is 46.4 Å². The summed E-state index contributed by atoms with van der Waals surface area (Å²) >= 11 is 0. The van der Waals surface area contributed by atoms with Gasteiger partial charge in [0, 0.05) is 37.7 Å². The standard InChI is InChI=1S/C22H24F2N4O3/c23-15-6-7-16(17(24)13-15)22(31)26-9-3-4-20(29)27-18-12-14(21(25)30)5-8-19(18)28-10-1-2-11-28/h5-8,12-13H,1-4,9-11H2,(H2,25,30)(H,26,31)(H,27,29). The fourth-order valence-corrected chi connectivity index (χ4v) is 3.46. The molecule has 0 aliphatic carbocycles. The van der Waals surface area contributed by atoms with Crippen molar-refractivity contribution in [2.24, 2.45) is 5.73 Å². The van der Waals surface area contributed by atoms with E-state index < -0.39 is 23.4 Å². The smallest absolute Gasteiger partial charge is 0.254 e. The maximum Gasteiger partial charge on any atom is 0.254 e. The normalized spacial score (nSPS) is 13.2. The first kappa shape index (κ1) is 22.2. The highest BCUT2D eigenvalue weighted by Gasteiger charge is 2.18. The highest BCUT2D eigenvalue weighted by Crippen LogP contribution is 2.30. The van der Waals surface area contributed by atoms with Crippen LogP contribution in [0, 0.1) is 11.6 Å². The number of nitrogens with zero attached hydrogens (tertiary/aromatic N) is 1. The zero-order chi connectivity index (χ0) is 22.4. The minimum Gasteiger partial charge on any atom is -0.370 e. The van der Waals surface area contributed by atoms with Crippen molar-refractivity contribution in [3.05, 3.63) is 59.2 Å². The van der Waals surface area contributed by atoms with Crippen molar-refractivity contribution >= 4 is 29.1 Å². The van der Waals surface area contributed by atoms with Gasteiger partial charge >= 0.3 is 0 Å². The molecule has 9 heteroatoms. The van der Waals surface area contributed by atoms with Gasteiger partial charge in [0.25, 0.3) is 5.91 Å². The molecule has 1 aliphatic heterocycles. The van der Waals surface area contributed by atoms with Crippen LogP contribution in [-0.4, -0.2) is 37.4 Å². The second-order valence-electron chi connectivity index (χ2n) is 7.32. The van der Waals surface area contributed by atoms with Crippen LogP contribution in [0.2, 0.25) is 0 Å². The van der Waals surface area contributed by atoms with E-state index in [1.807, 2.05) is 0 Å². The van der Waals surface area contributed by atoms with Crippen LogP contribution in [0.3, 0.4) is 0 Å². The first-order valence-corrected chi connectivity index (χ1v) is 10.1. The second-order valence-corrected chi connectivity index (χ2v) is 7.32. The predicted octanol–water partition coefficient (Wildman–Crippen LogP) is 2.81. The molecule has 0 unspecified atom stereocenters. The molecule has 31 heavy (non-hydrogen) atoms. The Morgan fingerprint density at radius 1 is 1.03 bits per heavy atom. The van der Waals surface area contributed by atoms with Gasteiger partial charge in [-0.05, 0) is 49.6 Å². The first-order valence-electron chi connectivity index (χ1n) is 10.1. The van der Waals surface area contributed by atoms with Crippen LogP contribution < -0.4 is 21.3 Å². The fourth-order valence-electron chi connectivity index (χ4n) is 3.46. The summed E-state index contributed by atoms with van der Waals surface area (Å²) in [5.74, 6) is -3.26. The molecule has 164 valence electrons. The molecule has 1 saturated heterocycles. The summed E-state index contributed by atoms with van der Waals surface area (Å²) in [5.41, 5.74) is 6.74. The second kappa shape index (κ2) is 10.0. The molecule has 3 rings (SSSR count). The summed E-state index contributed by atoms with van der Waals surface area (Å²) in [4.78, 5) is 38.0. The third kappa shape index (κ3) is 5.78. The minimum atomic E-state index is -0.945. The molecular formula is C22H24F2N4O3. The molecule has 0 saturated carbocycles. The molecule has 2 aromatic carbocycles. The first-order chi connectivity index (χ1) is 14.8. The molecule has 1 aliphatic rings. The zero-order valence-corrected chi connectivity index (χ0v) is 16.9. The van der Waals surface area contributed by atoms with Gasteiger partial charge in [-0.2, -0.15) is 0 Å². The van der Waals surface area contributed by atoms with Crippen LogP contribution in [-0.2, 0) is 4.79 Å². The Labute approximate surface area is 178 Å². The van der Waals surface area contributed by atoms with E-state index in [0.29, 0.717) is 23.7 Å². The SMILES string of the molecule is NC(=O)c1ccc(N2CCCC2)c(NC(=O)CCCNC(=O)c2ccc(F)cc2F)c1. The number of hydrogen-bond donors (Lipinski definition) is 3. The highest BCUT2D eigenvalue weighted by molar-refractivity contribution is 5.99. The Kier molecular flexibility index (Phi) is 7.17. The Morgan fingerprint density at radius 3 is 2.45 bits per heavy atom. The van der Waals surface area contributed by atoms with E-state index in [1.54, 1.807) is 18.2 Å². The summed E-state index contributed by atoms with van der Waals surface area (Å²) in [6.45, 7) is 1.87. The largest absolute Gasteiger partial charge is 0.370 e. The van der Waals surface area contributed by atoms with Crippen LogP contribution in [0.4, 0.5) is 20.2 Å². The van der Waals surface area contributed by atoms with Gasteiger partial charge in [0.15, 0.2) is 0 Å². The molecule has 4 N–H and O–H groups in total. The van der Waals surface area contributed by atoms with Crippen LogP contribution in [0.25, 0.3) is 0 Å². The molecule has 0 aromatic heterocycles. The van der Waals surface area contributed by atoms with Gasteiger partial charge in [-0.15, -0.1) is 0 Å². The number of carbonyl (C=O) groups excluding carboxylic acids is 3. The molecule has 1 fully saturated rings. The van der Waals surface area contributed by atoms with Crippen molar-refractivity contribution in [3.8, 4) is 0 Å². The lowest BCUT2D eigenvalue weighted by Crippen LogP contribution is -2.26. The minimum absolute atomic E-state index is 0.104. The fraction of sp³-hybridized carbons (Fsp3) is 0.318. The molecule has 7 nitrogen and oxygen atoms in total. The number of hydrogen-bond acceptors (Lipinski definition) is 4. The van der Waals surface area contributed by atoms with Crippen molar-refractivity contribution in [2.45, 2.75) is 25.7 Å². The van der Waals surface area contributed by atoms with Gasteiger partial charge in [0.1, 0.15) is 11.6 Å². The van der Waals surface area contributed by atoms with Crippen molar-refractivity contribution in [1.82, 2.24) is 5.32 Å². The van der Waals surface area contributed by atoms with Crippen LogP contribution in [0.5, 0.6) is 0 Å². The summed E-state index contributed by atoms with van der Waals surface area (Å²) in [7, 11) is 0.